The molecule has 0 radical (unpaired) electrons. The maximum absolute atomic E-state index is 13.3. The third kappa shape index (κ3) is 2.04. The smallest absolute Gasteiger partial charge is 0.149 e. The first-order chi connectivity index (χ1) is 6.60. The van der Waals surface area contributed by atoms with Crippen molar-refractivity contribution in [3.05, 3.63) is 28.8 Å². The zero-order valence-electron chi connectivity index (χ0n) is 8.67. The summed E-state index contributed by atoms with van der Waals surface area (Å²) < 4.78 is 18.4. The van der Waals surface area contributed by atoms with Crippen LogP contribution in [0.1, 0.15) is 22.9 Å². The molecule has 0 heterocycles. The van der Waals surface area contributed by atoms with Gasteiger partial charge in [0.15, 0.2) is 0 Å². The van der Waals surface area contributed by atoms with Gasteiger partial charge in [-0.1, -0.05) is 0 Å². The molecule has 2 nitrogen and oxygen atoms in total. The summed E-state index contributed by atoms with van der Waals surface area (Å²) >= 11 is 0. The Kier molecular flexibility index (Phi) is 3.47. The molecule has 0 saturated carbocycles. The zero-order valence-corrected chi connectivity index (χ0v) is 8.67. The number of alkyl halides is 1. The quantitative estimate of drug-likeness (QED) is 0.807. The maximum Gasteiger partial charge on any atom is 0.149 e. The van der Waals surface area contributed by atoms with Crippen LogP contribution < -0.4 is 4.74 Å². The van der Waals surface area contributed by atoms with E-state index >= 15 is 0 Å². The summed E-state index contributed by atoms with van der Waals surface area (Å²) in [5, 5.41) is 8.76. The average Bonchev–Trinajstić information content (AvgIpc) is 2.16. The second kappa shape index (κ2) is 4.42. The Labute approximate surface area is 83.3 Å². The molecular formula is C11H15FO2. The number of aryl methyl sites for hydroxylation is 2. The van der Waals surface area contributed by atoms with Crippen molar-refractivity contribution in [1.82, 2.24) is 0 Å². The van der Waals surface area contributed by atoms with E-state index in [0.717, 1.165) is 11.1 Å². The Bertz CT molecular complexity index is 300. The van der Waals surface area contributed by atoms with Crippen LogP contribution in [0.5, 0.6) is 5.75 Å². The summed E-state index contributed by atoms with van der Waals surface area (Å²) in [4.78, 5) is 0. The van der Waals surface area contributed by atoms with Crippen molar-refractivity contribution in [3.8, 4) is 5.75 Å². The van der Waals surface area contributed by atoms with E-state index < -0.39 is 12.8 Å². The van der Waals surface area contributed by atoms with Gasteiger partial charge in [-0.25, -0.2) is 4.39 Å². The van der Waals surface area contributed by atoms with Gasteiger partial charge < -0.3 is 9.84 Å². The fourth-order valence-corrected chi connectivity index (χ4v) is 1.64. The highest BCUT2D eigenvalue weighted by molar-refractivity contribution is 5.42. The lowest BCUT2D eigenvalue weighted by molar-refractivity contribution is 0.179. The minimum absolute atomic E-state index is 0.478. The second-order valence-corrected chi connectivity index (χ2v) is 3.32. The van der Waals surface area contributed by atoms with Crippen LogP contribution in [0.15, 0.2) is 12.1 Å². The van der Waals surface area contributed by atoms with Gasteiger partial charge >= 0.3 is 0 Å². The molecule has 0 spiro atoms. The van der Waals surface area contributed by atoms with Crippen molar-refractivity contribution in [2.75, 3.05) is 13.7 Å². The normalized spacial score (nSPS) is 12.6. The first kappa shape index (κ1) is 11.0. The molecule has 0 amide bonds. The Hall–Kier alpha value is -1.09. The largest absolute Gasteiger partial charge is 0.497 e. The molecule has 1 unspecified atom stereocenters. The summed E-state index contributed by atoms with van der Waals surface area (Å²) in [6.45, 7) is 3.15. The number of hydrogen-bond acceptors (Lipinski definition) is 2. The lowest BCUT2D eigenvalue weighted by Crippen LogP contribution is -2.03. The molecule has 1 aromatic carbocycles. The second-order valence-electron chi connectivity index (χ2n) is 3.32. The first-order valence-corrected chi connectivity index (χ1v) is 4.50. The molecule has 0 saturated heterocycles. The number of hydrogen-bond donors (Lipinski definition) is 1. The van der Waals surface area contributed by atoms with E-state index in [9.17, 15) is 4.39 Å². The van der Waals surface area contributed by atoms with Gasteiger partial charge in [0.05, 0.1) is 13.7 Å². The van der Waals surface area contributed by atoms with Gasteiger partial charge in [0.2, 0.25) is 0 Å². The van der Waals surface area contributed by atoms with Crippen LogP contribution in [0.4, 0.5) is 4.39 Å². The fourth-order valence-electron chi connectivity index (χ4n) is 1.64. The van der Waals surface area contributed by atoms with Gasteiger partial charge in [-0.15, -0.1) is 0 Å². The Balaban J connectivity index is 3.18. The van der Waals surface area contributed by atoms with Crippen molar-refractivity contribution >= 4 is 0 Å². The average molecular weight is 198 g/mol. The molecule has 3 heteroatoms. The van der Waals surface area contributed by atoms with Gasteiger partial charge in [-0.2, -0.15) is 0 Å². The maximum atomic E-state index is 13.3. The molecule has 0 bridgehead atoms. The van der Waals surface area contributed by atoms with E-state index in [1.54, 1.807) is 19.2 Å². The summed E-state index contributed by atoms with van der Waals surface area (Å²) in [5.41, 5.74) is 2.18. The Morgan fingerprint density at radius 2 is 1.86 bits per heavy atom. The SMILES string of the molecule is COc1cc(C)c(C(F)CO)c(C)c1. The van der Waals surface area contributed by atoms with Crippen molar-refractivity contribution in [2.24, 2.45) is 0 Å². The number of halogens is 1. The van der Waals surface area contributed by atoms with Gasteiger partial charge in [0.25, 0.3) is 0 Å². The minimum atomic E-state index is -1.30. The molecule has 0 aliphatic rings. The van der Waals surface area contributed by atoms with E-state index in [1.807, 2.05) is 13.8 Å². The van der Waals surface area contributed by atoms with Crippen molar-refractivity contribution in [1.29, 1.82) is 0 Å². The lowest BCUT2D eigenvalue weighted by Gasteiger charge is -2.14. The zero-order chi connectivity index (χ0) is 10.7. The number of rotatable bonds is 3. The molecule has 1 aromatic rings. The summed E-state index contributed by atoms with van der Waals surface area (Å²) in [5.74, 6) is 0.717. The van der Waals surface area contributed by atoms with E-state index in [4.69, 9.17) is 9.84 Å². The van der Waals surface area contributed by atoms with Crippen molar-refractivity contribution in [2.45, 2.75) is 20.0 Å². The first-order valence-electron chi connectivity index (χ1n) is 4.50. The molecule has 0 aliphatic heterocycles. The molecule has 0 fully saturated rings. The van der Waals surface area contributed by atoms with Gasteiger partial charge in [-0.3, -0.25) is 0 Å². The van der Waals surface area contributed by atoms with Gasteiger partial charge in [0, 0.05) is 0 Å². The van der Waals surface area contributed by atoms with E-state index in [2.05, 4.69) is 0 Å². The third-order valence-corrected chi connectivity index (χ3v) is 2.28. The predicted octanol–water partition coefficient (Wildman–Crippen LogP) is 2.31. The number of methoxy groups -OCH3 is 1. The lowest BCUT2D eigenvalue weighted by atomic mass is 9.98. The molecular weight excluding hydrogens is 183 g/mol. The van der Waals surface area contributed by atoms with Gasteiger partial charge in [-0.05, 0) is 42.7 Å². The van der Waals surface area contributed by atoms with Crippen molar-refractivity contribution < 1.29 is 14.2 Å². The number of aliphatic hydroxyl groups excluding tert-OH is 1. The highest BCUT2D eigenvalue weighted by atomic mass is 19.1. The summed E-state index contributed by atoms with van der Waals surface area (Å²) in [6.07, 6.45) is -1.30. The third-order valence-electron chi connectivity index (χ3n) is 2.28. The summed E-state index contributed by atoms with van der Waals surface area (Å²) in [7, 11) is 1.58. The molecule has 78 valence electrons. The number of benzene rings is 1. The van der Waals surface area contributed by atoms with Crippen LogP contribution in [0.2, 0.25) is 0 Å². The Morgan fingerprint density at radius 1 is 1.36 bits per heavy atom. The number of ether oxygens (including phenoxy) is 1. The van der Waals surface area contributed by atoms with Crippen LogP contribution in [-0.2, 0) is 0 Å². The van der Waals surface area contributed by atoms with Gasteiger partial charge in [0.1, 0.15) is 11.9 Å². The van der Waals surface area contributed by atoms with E-state index in [1.165, 1.54) is 0 Å². The molecule has 0 aliphatic carbocycles. The van der Waals surface area contributed by atoms with E-state index in [-0.39, 0.29) is 0 Å². The van der Waals surface area contributed by atoms with E-state index in [0.29, 0.717) is 11.3 Å². The van der Waals surface area contributed by atoms with Crippen molar-refractivity contribution in [3.63, 3.8) is 0 Å². The van der Waals surface area contributed by atoms with Crippen LogP contribution >= 0.6 is 0 Å². The summed E-state index contributed by atoms with van der Waals surface area (Å²) in [6, 6.07) is 3.54. The fraction of sp³-hybridized carbons (Fsp3) is 0.455. The molecule has 1 N–H and O–H groups in total. The number of aliphatic hydroxyl groups is 1. The molecule has 1 atom stereocenters. The highest BCUT2D eigenvalue weighted by Gasteiger charge is 2.14. The van der Waals surface area contributed by atoms with Crippen LogP contribution in [0, 0.1) is 13.8 Å². The van der Waals surface area contributed by atoms with Crippen LogP contribution in [0.25, 0.3) is 0 Å². The van der Waals surface area contributed by atoms with Crippen LogP contribution in [-0.4, -0.2) is 18.8 Å². The minimum Gasteiger partial charge on any atom is -0.497 e. The monoisotopic (exact) mass is 198 g/mol. The predicted molar refractivity (Wildman–Crippen MR) is 53.4 cm³/mol. The standard InChI is InChI=1S/C11H15FO2/c1-7-4-9(14-3)5-8(2)11(7)10(12)6-13/h4-5,10,13H,6H2,1-3H3. The Morgan fingerprint density at radius 3 is 2.21 bits per heavy atom. The molecule has 1 rings (SSSR count). The van der Waals surface area contributed by atoms with Crippen LogP contribution in [0.3, 0.4) is 0 Å². The molecule has 14 heavy (non-hydrogen) atoms. The topological polar surface area (TPSA) is 29.5 Å². The molecule has 0 aromatic heterocycles. The highest BCUT2D eigenvalue weighted by Crippen LogP contribution is 2.28.